The quantitative estimate of drug-likeness (QED) is 0.698. The van der Waals surface area contributed by atoms with Crippen LogP contribution in [0.4, 0.5) is 10.1 Å². The van der Waals surface area contributed by atoms with Crippen LogP contribution in [0.5, 0.6) is 0 Å². The van der Waals surface area contributed by atoms with Crippen molar-refractivity contribution in [2.45, 2.75) is 39.2 Å². The molecule has 1 N–H and O–H groups in total. The Morgan fingerprint density at radius 2 is 2.21 bits per heavy atom. The van der Waals surface area contributed by atoms with Gasteiger partial charge in [0.2, 0.25) is 5.91 Å². The van der Waals surface area contributed by atoms with Crippen LogP contribution < -0.4 is 5.32 Å². The fourth-order valence-corrected chi connectivity index (χ4v) is 3.22. The minimum atomic E-state index is -0.423. The maximum absolute atomic E-state index is 14.4. The molecule has 3 aromatic rings. The lowest BCUT2D eigenvalue weighted by Crippen LogP contribution is -2.17. The smallest absolute Gasteiger partial charge is 0.230 e. The van der Waals surface area contributed by atoms with Crippen LogP contribution in [0.2, 0.25) is 0 Å². The summed E-state index contributed by atoms with van der Waals surface area (Å²) < 4.78 is 21.4. The van der Waals surface area contributed by atoms with Crippen molar-refractivity contribution in [3.8, 4) is 5.69 Å². The van der Waals surface area contributed by atoms with E-state index in [1.54, 1.807) is 24.5 Å². The van der Waals surface area contributed by atoms with Crippen LogP contribution in [-0.2, 0) is 9.53 Å². The number of ether oxygens (including phenoxy) is 1. The molecule has 0 saturated heterocycles. The van der Waals surface area contributed by atoms with Crippen LogP contribution in [-0.4, -0.2) is 33.4 Å². The van der Waals surface area contributed by atoms with Crippen molar-refractivity contribution in [3.05, 3.63) is 48.0 Å². The molecule has 1 aliphatic carbocycles. The van der Waals surface area contributed by atoms with Gasteiger partial charge in [-0.25, -0.2) is 14.1 Å². The van der Waals surface area contributed by atoms with E-state index in [-0.39, 0.29) is 23.6 Å². The van der Waals surface area contributed by atoms with E-state index in [4.69, 9.17) is 4.74 Å². The molecule has 28 heavy (non-hydrogen) atoms. The Kier molecular flexibility index (Phi) is 4.85. The molecule has 1 amide bonds. The Morgan fingerprint density at radius 1 is 1.39 bits per heavy atom. The summed E-state index contributed by atoms with van der Waals surface area (Å²) >= 11 is 0. The molecule has 0 bridgehead atoms. The first-order valence-corrected chi connectivity index (χ1v) is 9.54. The molecule has 0 spiro atoms. The number of nitrogens with zero attached hydrogens (tertiary/aromatic N) is 3. The van der Waals surface area contributed by atoms with Crippen molar-refractivity contribution < 1.29 is 13.9 Å². The monoisotopic (exact) mass is 382 g/mol. The van der Waals surface area contributed by atoms with Gasteiger partial charge in [-0.05, 0) is 49.1 Å². The standard InChI is InChI=1S/C21H23FN4O2/c1-4-28-19-9-16(19)21(27)24-15-5-6-17(22)18(8-15)26-11-14-7-13(12(2)3)10-23-20(14)25-26/h5-8,10-12,16,19H,4,9H2,1-3H3,(H,24,27). The van der Waals surface area contributed by atoms with Crippen LogP contribution in [0, 0.1) is 11.7 Å². The highest BCUT2D eigenvalue weighted by molar-refractivity contribution is 5.95. The van der Waals surface area contributed by atoms with E-state index in [1.807, 2.05) is 13.0 Å². The second-order valence-electron chi connectivity index (χ2n) is 7.40. The molecule has 1 aliphatic rings. The van der Waals surface area contributed by atoms with Gasteiger partial charge in [-0.3, -0.25) is 4.79 Å². The number of benzene rings is 1. The molecule has 2 heterocycles. The van der Waals surface area contributed by atoms with Gasteiger partial charge in [-0.2, -0.15) is 0 Å². The Labute approximate surface area is 162 Å². The number of hydrogen-bond acceptors (Lipinski definition) is 4. The van der Waals surface area contributed by atoms with Gasteiger partial charge in [0.05, 0.1) is 12.0 Å². The van der Waals surface area contributed by atoms with Crippen LogP contribution in [0.25, 0.3) is 16.7 Å². The molecule has 1 aromatic carbocycles. The number of carbonyl (C=O) groups excluding carboxylic acids is 1. The molecule has 146 valence electrons. The average Bonchev–Trinajstić information content (AvgIpc) is 3.31. The number of anilines is 1. The Hall–Kier alpha value is -2.80. The van der Waals surface area contributed by atoms with Gasteiger partial charge in [-0.15, -0.1) is 5.10 Å². The van der Waals surface area contributed by atoms with Crippen molar-refractivity contribution in [2.24, 2.45) is 5.92 Å². The number of fused-ring (bicyclic) bond motifs is 1. The van der Waals surface area contributed by atoms with Crippen molar-refractivity contribution in [3.63, 3.8) is 0 Å². The summed E-state index contributed by atoms with van der Waals surface area (Å²) in [6, 6.07) is 6.48. The molecule has 1 fully saturated rings. The average molecular weight is 382 g/mol. The Bertz CT molecular complexity index is 1030. The van der Waals surface area contributed by atoms with Crippen LogP contribution in [0.1, 0.15) is 38.7 Å². The van der Waals surface area contributed by atoms with E-state index >= 15 is 0 Å². The lowest BCUT2D eigenvalue weighted by molar-refractivity contribution is -0.118. The highest BCUT2D eigenvalue weighted by Crippen LogP contribution is 2.35. The molecule has 2 atom stereocenters. The maximum atomic E-state index is 14.4. The molecular formula is C21H23FN4O2. The van der Waals surface area contributed by atoms with Crippen molar-refractivity contribution in [1.82, 2.24) is 14.8 Å². The number of aromatic nitrogens is 3. The topological polar surface area (TPSA) is 69.0 Å². The zero-order valence-electron chi connectivity index (χ0n) is 16.1. The molecule has 6 nitrogen and oxygen atoms in total. The fraction of sp³-hybridized carbons (Fsp3) is 0.381. The molecule has 4 rings (SSSR count). The molecule has 2 aromatic heterocycles. The van der Waals surface area contributed by atoms with Gasteiger partial charge in [-0.1, -0.05) is 13.8 Å². The predicted molar refractivity (Wildman–Crippen MR) is 105 cm³/mol. The van der Waals surface area contributed by atoms with Crippen LogP contribution in [0.3, 0.4) is 0 Å². The maximum Gasteiger partial charge on any atom is 0.230 e. The zero-order chi connectivity index (χ0) is 19.8. The summed E-state index contributed by atoms with van der Waals surface area (Å²) in [4.78, 5) is 16.7. The van der Waals surface area contributed by atoms with E-state index < -0.39 is 5.82 Å². The summed E-state index contributed by atoms with van der Waals surface area (Å²) in [5.74, 6) is -0.323. The molecule has 0 radical (unpaired) electrons. The minimum Gasteiger partial charge on any atom is -0.378 e. The summed E-state index contributed by atoms with van der Waals surface area (Å²) in [6.45, 7) is 6.69. The number of carbonyl (C=O) groups is 1. The third-order valence-electron chi connectivity index (χ3n) is 4.96. The molecule has 1 saturated carbocycles. The highest BCUT2D eigenvalue weighted by Gasteiger charge is 2.43. The van der Waals surface area contributed by atoms with Gasteiger partial charge in [0, 0.05) is 30.1 Å². The van der Waals surface area contributed by atoms with E-state index in [0.717, 1.165) is 17.4 Å². The van der Waals surface area contributed by atoms with E-state index in [1.165, 1.54) is 10.7 Å². The first-order valence-electron chi connectivity index (χ1n) is 9.54. The Balaban J connectivity index is 1.59. The first kappa shape index (κ1) is 18.6. The number of pyridine rings is 1. The zero-order valence-corrected chi connectivity index (χ0v) is 16.1. The summed E-state index contributed by atoms with van der Waals surface area (Å²) in [7, 11) is 0. The van der Waals surface area contributed by atoms with Crippen LogP contribution >= 0.6 is 0 Å². The number of rotatable bonds is 6. The van der Waals surface area contributed by atoms with E-state index in [2.05, 4.69) is 29.2 Å². The SMILES string of the molecule is CCOC1CC1C(=O)Nc1ccc(F)c(-n2cc3cc(C(C)C)cnc3n2)c1. The second-order valence-corrected chi connectivity index (χ2v) is 7.40. The van der Waals surface area contributed by atoms with Gasteiger partial charge in [0.25, 0.3) is 0 Å². The van der Waals surface area contributed by atoms with Crippen molar-refractivity contribution >= 4 is 22.6 Å². The van der Waals surface area contributed by atoms with Gasteiger partial charge in [0.1, 0.15) is 11.5 Å². The minimum absolute atomic E-state index is 0.0115. The molecule has 2 unspecified atom stereocenters. The van der Waals surface area contributed by atoms with Gasteiger partial charge < -0.3 is 10.1 Å². The lowest BCUT2D eigenvalue weighted by Gasteiger charge is -2.08. The highest BCUT2D eigenvalue weighted by atomic mass is 19.1. The largest absolute Gasteiger partial charge is 0.378 e. The number of nitrogens with one attached hydrogen (secondary N) is 1. The molecule has 7 heteroatoms. The fourth-order valence-electron chi connectivity index (χ4n) is 3.22. The van der Waals surface area contributed by atoms with E-state index in [0.29, 0.717) is 23.9 Å². The summed E-state index contributed by atoms with van der Waals surface area (Å²) in [6.07, 6.45) is 4.26. The molecule has 0 aliphatic heterocycles. The van der Waals surface area contributed by atoms with Crippen molar-refractivity contribution in [2.75, 3.05) is 11.9 Å². The summed E-state index contributed by atoms with van der Waals surface area (Å²) in [5.41, 5.74) is 2.44. The van der Waals surface area contributed by atoms with Gasteiger partial charge >= 0.3 is 0 Å². The second kappa shape index (κ2) is 7.31. The van der Waals surface area contributed by atoms with E-state index in [9.17, 15) is 9.18 Å². The normalized spacial score (nSPS) is 18.6. The van der Waals surface area contributed by atoms with Crippen molar-refractivity contribution in [1.29, 1.82) is 0 Å². The van der Waals surface area contributed by atoms with Gasteiger partial charge in [0.15, 0.2) is 5.65 Å². The third kappa shape index (κ3) is 3.62. The lowest BCUT2D eigenvalue weighted by atomic mass is 10.1. The van der Waals surface area contributed by atoms with Crippen LogP contribution in [0.15, 0.2) is 36.7 Å². The Morgan fingerprint density at radius 3 is 2.96 bits per heavy atom. The third-order valence-corrected chi connectivity index (χ3v) is 4.96. The summed E-state index contributed by atoms with van der Waals surface area (Å²) in [5, 5.41) is 8.07. The number of amides is 1. The first-order chi connectivity index (χ1) is 13.5. The number of hydrogen-bond donors (Lipinski definition) is 1. The number of halogens is 1. The molecular weight excluding hydrogens is 359 g/mol. The predicted octanol–water partition coefficient (Wildman–Crippen LogP) is 4.05.